The number of hydrogen-bond donors (Lipinski definition) is 0. The highest BCUT2D eigenvalue weighted by Gasteiger charge is 2.42. The highest BCUT2D eigenvalue weighted by molar-refractivity contribution is 6.04. The fraction of sp³-hybridized carbons (Fsp3) is 0.273. The third kappa shape index (κ3) is 3.40. The van der Waals surface area contributed by atoms with Gasteiger partial charge in [0.25, 0.3) is 0 Å². The van der Waals surface area contributed by atoms with Crippen LogP contribution in [-0.4, -0.2) is 28.8 Å². The Morgan fingerprint density at radius 2 is 1.77 bits per heavy atom. The van der Waals surface area contributed by atoms with Gasteiger partial charge in [-0.3, -0.25) is 9.59 Å². The van der Waals surface area contributed by atoms with E-state index in [-0.39, 0.29) is 23.9 Å². The van der Waals surface area contributed by atoms with Crippen molar-refractivity contribution < 1.29 is 14.3 Å². The van der Waals surface area contributed by atoms with Gasteiger partial charge in [-0.25, -0.2) is 0 Å². The minimum Gasteiger partial charge on any atom is -0.460 e. The van der Waals surface area contributed by atoms with Crippen LogP contribution < -0.4 is 0 Å². The van der Waals surface area contributed by atoms with E-state index in [4.69, 9.17) is 4.74 Å². The molecule has 2 heterocycles. The lowest BCUT2D eigenvalue weighted by atomic mass is 9.94. The van der Waals surface area contributed by atoms with Gasteiger partial charge in [0.05, 0.1) is 12.5 Å². The molecule has 0 aromatic heterocycles. The lowest BCUT2D eigenvalue weighted by molar-refractivity contribution is -0.142. The Kier molecular flexibility index (Phi) is 4.57. The molecule has 2 aromatic carbocycles. The maximum atomic E-state index is 12.7. The number of likely N-dealkylation sites (tertiary alicyclic amines) is 1. The average molecular weight is 347 g/mol. The van der Waals surface area contributed by atoms with Crippen molar-refractivity contribution in [3.63, 3.8) is 0 Å². The van der Waals surface area contributed by atoms with Crippen molar-refractivity contribution >= 4 is 11.8 Å². The smallest absolute Gasteiger partial charge is 0.308 e. The molecule has 2 aliphatic heterocycles. The highest BCUT2D eigenvalue weighted by atomic mass is 16.6. The number of carbonyl (C=O) groups excluding carboxylic acids is 2. The van der Waals surface area contributed by atoms with Gasteiger partial charge >= 0.3 is 5.97 Å². The Morgan fingerprint density at radius 3 is 2.50 bits per heavy atom. The van der Waals surface area contributed by atoms with Gasteiger partial charge in [0, 0.05) is 23.9 Å². The lowest BCUT2D eigenvalue weighted by Gasteiger charge is -2.39. The first-order chi connectivity index (χ1) is 12.7. The zero-order chi connectivity index (χ0) is 17.9. The Morgan fingerprint density at radius 1 is 1.08 bits per heavy atom. The van der Waals surface area contributed by atoms with Crippen molar-refractivity contribution in [3.8, 4) is 0 Å². The summed E-state index contributed by atoms with van der Waals surface area (Å²) in [7, 11) is 0. The summed E-state index contributed by atoms with van der Waals surface area (Å²) >= 11 is 0. The first-order valence-corrected chi connectivity index (χ1v) is 9.01. The maximum Gasteiger partial charge on any atom is 0.308 e. The number of piperidine rings is 1. The number of nitrogens with zero attached hydrogens (tertiary/aromatic N) is 1. The number of fused-ring (bicyclic) bond motifs is 1. The topological polar surface area (TPSA) is 46.6 Å². The molecule has 26 heavy (non-hydrogen) atoms. The van der Waals surface area contributed by atoms with E-state index in [9.17, 15) is 9.59 Å². The van der Waals surface area contributed by atoms with Crippen LogP contribution in [0.1, 0.15) is 35.2 Å². The molecule has 2 atom stereocenters. The van der Waals surface area contributed by atoms with Gasteiger partial charge in [-0.15, -0.1) is 0 Å². The third-order valence-electron chi connectivity index (χ3n) is 5.09. The molecule has 0 unspecified atom stereocenters. The summed E-state index contributed by atoms with van der Waals surface area (Å²) in [6.45, 7) is 0.673. The Hall–Kier alpha value is -2.88. The number of carbonyl (C=O) groups is 2. The lowest BCUT2D eigenvalue weighted by Crippen LogP contribution is -2.44. The van der Waals surface area contributed by atoms with Crippen LogP contribution in [0.15, 0.2) is 72.4 Å². The fourth-order valence-electron chi connectivity index (χ4n) is 3.80. The molecule has 0 saturated carbocycles. The maximum absolute atomic E-state index is 12.7. The molecule has 0 amide bonds. The van der Waals surface area contributed by atoms with E-state index in [1.165, 1.54) is 0 Å². The molecule has 2 saturated heterocycles. The van der Waals surface area contributed by atoms with Crippen LogP contribution in [0.4, 0.5) is 0 Å². The molecule has 4 nitrogen and oxygen atoms in total. The number of rotatable bonds is 4. The summed E-state index contributed by atoms with van der Waals surface area (Å²) in [6.07, 6.45) is 3.55. The molecule has 0 bridgehead atoms. The minimum absolute atomic E-state index is 0.00218. The molecule has 132 valence electrons. The summed E-state index contributed by atoms with van der Waals surface area (Å²) in [5.41, 5.74) is 2.83. The Bertz CT molecular complexity index is 829. The summed E-state index contributed by atoms with van der Waals surface area (Å²) in [6, 6.07) is 19.4. The first kappa shape index (κ1) is 16.6. The van der Waals surface area contributed by atoms with E-state index in [0.29, 0.717) is 18.5 Å². The standard InChI is InChI=1S/C22H21NO3/c24-20(17-9-5-2-6-10-17)13-18-11-12-21-19(14-22(25)26-21)23(18)15-16-7-3-1-4-8-16/h1-10,13,19,21H,11-12,14-15H2/b18-13+/t19-,21-/m0/s1. The summed E-state index contributed by atoms with van der Waals surface area (Å²) < 4.78 is 5.48. The molecule has 4 heteroatoms. The van der Waals surface area contributed by atoms with Crippen molar-refractivity contribution in [2.75, 3.05) is 0 Å². The van der Waals surface area contributed by atoms with E-state index in [1.807, 2.05) is 48.5 Å². The normalized spacial score (nSPS) is 23.6. The number of hydrogen-bond acceptors (Lipinski definition) is 4. The summed E-state index contributed by atoms with van der Waals surface area (Å²) in [5, 5.41) is 0. The molecule has 0 N–H and O–H groups in total. The van der Waals surface area contributed by atoms with Crippen molar-refractivity contribution in [2.24, 2.45) is 0 Å². The van der Waals surface area contributed by atoms with Crippen LogP contribution in [0.5, 0.6) is 0 Å². The molecule has 2 aromatic rings. The second kappa shape index (κ2) is 7.16. The van der Waals surface area contributed by atoms with E-state index in [2.05, 4.69) is 17.0 Å². The molecule has 0 radical (unpaired) electrons. The van der Waals surface area contributed by atoms with Gasteiger partial charge in [0.15, 0.2) is 5.78 Å². The van der Waals surface area contributed by atoms with Crippen LogP contribution in [0.25, 0.3) is 0 Å². The van der Waals surface area contributed by atoms with E-state index < -0.39 is 0 Å². The molecule has 2 aliphatic rings. The second-order valence-electron chi connectivity index (χ2n) is 6.82. The average Bonchev–Trinajstić information content (AvgIpc) is 3.06. The number of benzene rings is 2. The summed E-state index contributed by atoms with van der Waals surface area (Å²) in [4.78, 5) is 26.7. The molecule has 4 rings (SSSR count). The molecule has 2 fully saturated rings. The van der Waals surface area contributed by atoms with Crippen molar-refractivity contribution in [1.29, 1.82) is 0 Å². The van der Waals surface area contributed by atoms with Crippen LogP contribution in [0.2, 0.25) is 0 Å². The zero-order valence-electron chi connectivity index (χ0n) is 14.5. The molecular weight excluding hydrogens is 326 g/mol. The molecule has 0 aliphatic carbocycles. The van der Waals surface area contributed by atoms with Gasteiger partial charge in [0.2, 0.25) is 0 Å². The monoisotopic (exact) mass is 347 g/mol. The van der Waals surface area contributed by atoms with E-state index in [0.717, 1.165) is 24.1 Å². The minimum atomic E-state index is -0.145. The van der Waals surface area contributed by atoms with Crippen molar-refractivity contribution in [3.05, 3.63) is 83.6 Å². The number of ketones is 1. The van der Waals surface area contributed by atoms with Crippen LogP contribution >= 0.6 is 0 Å². The quantitative estimate of drug-likeness (QED) is 0.480. The van der Waals surface area contributed by atoms with Gasteiger partial charge in [-0.05, 0) is 18.4 Å². The molecular formula is C22H21NO3. The predicted molar refractivity (Wildman–Crippen MR) is 98.4 cm³/mol. The second-order valence-corrected chi connectivity index (χ2v) is 6.82. The van der Waals surface area contributed by atoms with E-state index >= 15 is 0 Å². The largest absolute Gasteiger partial charge is 0.460 e. The van der Waals surface area contributed by atoms with Crippen LogP contribution in [0.3, 0.4) is 0 Å². The number of esters is 1. The van der Waals surface area contributed by atoms with Gasteiger partial charge < -0.3 is 9.64 Å². The Balaban J connectivity index is 1.64. The van der Waals surface area contributed by atoms with E-state index in [1.54, 1.807) is 6.08 Å². The van der Waals surface area contributed by atoms with Crippen LogP contribution in [0, 0.1) is 0 Å². The number of ether oxygens (including phenoxy) is 1. The van der Waals surface area contributed by atoms with Crippen LogP contribution in [-0.2, 0) is 16.1 Å². The SMILES string of the molecule is O=C1C[C@H]2[C@H](CC/C(=C\C(=O)c3ccccc3)N2Cc2ccccc2)O1. The van der Waals surface area contributed by atoms with Crippen molar-refractivity contribution in [2.45, 2.75) is 38.0 Å². The fourth-order valence-corrected chi connectivity index (χ4v) is 3.80. The van der Waals surface area contributed by atoms with Gasteiger partial charge in [-0.2, -0.15) is 0 Å². The zero-order valence-corrected chi connectivity index (χ0v) is 14.5. The summed E-state index contributed by atoms with van der Waals surface area (Å²) in [5.74, 6) is -0.143. The van der Waals surface area contributed by atoms with Gasteiger partial charge in [0.1, 0.15) is 6.10 Å². The Labute approximate surface area is 153 Å². The number of allylic oxidation sites excluding steroid dienone is 2. The molecule has 0 spiro atoms. The first-order valence-electron chi connectivity index (χ1n) is 9.01. The third-order valence-corrected chi connectivity index (χ3v) is 5.09. The van der Waals surface area contributed by atoms with Gasteiger partial charge in [-0.1, -0.05) is 60.7 Å². The highest BCUT2D eigenvalue weighted by Crippen LogP contribution is 2.35. The van der Waals surface area contributed by atoms with Crippen molar-refractivity contribution in [1.82, 2.24) is 4.90 Å². The predicted octanol–water partition coefficient (Wildman–Crippen LogP) is 3.73.